The van der Waals surface area contributed by atoms with E-state index in [9.17, 15) is 4.79 Å². The quantitative estimate of drug-likeness (QED) is 0.857. The highest BCUT2D eigenvalue weighted by atomic mass is 16.4. The summed E-state index contributed by atoms with van der Waals surface area (Å²) >= 11 is 0. The highest BCUT2D eigenvalue weighted by Crippen LogP contribution is 2.23. The normalized spacial score (nSPS) is 10.2. The zero-order chi connectivity index (χ0) is 12.4. The van der Waals surface area contributed by atoms with Crippen LogP contribution in [-0.2, 0) is 0 Å². The van der Waals surface area contributed by atoms with E-state index in [4.69, 9.17) is 5.11 Å². The fourth-order valence-electron chi connectivity index (χ4n) is 1.92. The van der Waals surface area contributed by atoms with Gasteiger partial charge in [-0.1, -0.05) is 17.2 Å². The Labute approximate surface area is 99.8 Å². The number of aryl methyl sites for hydroxylation is 2. The maximum absolute atomic E-state index is 11.1. The average Bonchev–Trinajstić information content (AvgIpc) is 2.27. The van der Waals surface area contributed by atoms with E-state index in [1.54, 1.807) is 18.3 Å². The highest BCUT2D eigenvalue weighted by Gasteiger charge is 2.12. The molecule has 0 radical (unpaired) electrons. The summed E-state index contributed by atoms with van der Waals surface area (Å²) in [7, 11) is 0. The van der Waals surface area contributed by atoms with Gasteiger partial charge in [0.1, 0.15) is 0 Å². The number of aromatic carboxylic acids is 1. The number of carbonyl (C=O) groups is 1. The van der Waals surface area contributed by atoms with Gasteiger partial charge in [-0.3, -0.25) is 4.98 Å². The number of carboxylic acid groups (broad SMARTS) is 1. The molecule has 0 amide bonds. The lowest BCUT2D eigenvalue weighted by Crippen LogP contribution is -2.01. The molecule has 0 fully saturated rings. The molecule has 3 nitrogen and oxygen atoms in total. The molecule has 0 atom stereocenters. The third-order valence-electron chi connectivity index (χ3n) is 2.53. The number of benzene rings is 1. The van der Waals surface area contributed by atoms with Crippen molar-refractivity contribution in [2.24, 2.45) is 0 Å². The molecule has 86 valence electrons. The van der Waals surface area contributed by atoms with Gasteiger partial charge in [-0.05, 0) is 38.1 Å². The molecule has 2 rings (SSSR count). The Morgan fingerprint density at radius 2 is 1.82 bits per heavy atom. The van der Waals surface area contributed by atoms with Gasteiger partial charge in [0, 0.05) is 11.8 Å². The van der Waals surface area contributed by atoms with Crippen molar-refractivity contribution >= 4 is 5.97 Å². The topological polar surface area (TPSA) is 50.2 Å². The predicted molar refractivity (Wildman–Crippen MR) is 66.1 cm³/mol. The molecule has 2 aromatic rings. The maximum Gasteiger partial charge on any atom is 0.337 e. The standard InChI is InChI=1S/C14H13NO2/c1-9-6-10(2)8-11(7-9)13-12(14(16)17)4-3-5-15-13/h3-8H,1-2H3,(H,16,17). The molecule has 0 saturated carbocycles. The van der Waals surface area contributed by atoms with Gasteiger partial charge in [0.05, 0.1) is 11.3 Å². The first kappa shape index (κ1) is 11.3. The first-order valence-electron chi connectivity index (χ1n) is 5.35. The number of pyridine rings is 1. The molecule has 0 aliphatic carbocycles. The third kappa shape index (κ3) is 2.33. The van der Waals surface area contributed by atoms with Crippen molar-refractivity contribution in [2.75, 3.05) is 0 Å². The molecule has 0 saturated heterocycles. The van der Waals surface area contributed by atoms with Gasteiger partial charge in [-0.15, -0.1) is 0 Å². The molecule has 0 bridgehead atoms. The Kier molecular flexibility index (Phi) is 2.91. The lowest BCUT2D eigenvalue weighted by molar-refractivity contribution is 0.0697. The SMILES string of the molecule is Cc1cc(C)cc(-c2ncccc2C(=O)O)c1. The first-order chi connectivity index (χ1) is 8.08. The van der Waals surface area contributed by atoms with Crippen molar-refractivity contribution in [3.05, 3.63) is 53.2 Å². The Balaban J connectivity index is 2.64. The third-order valence-corrected chi connectivity index (χ3v) is 2.53. The second-order valence-electron chi connectivity index (χ2n) is 4.08. The lowest BCUT2D eigenvalue weighted by Gasteiger charge is -2.07. The monoisotopic (exact) mass is 227 g/mol. The van der Waals surface area contributed by atoms with Crippen molar-refractivity contribution in [2.45, 2.75) is 13.8 Å². The van der Waals surface area contributed by atoms with E-state index in [1.807, 2.05) is 32.0 Å². The van der Waals surface area contributed by atoms with Gasteiger partial charge < -0.3 is 5.11 Å². The average molecular weight is 227 g/mol. The minimum atomic E-state index is -0.952. The summed E-state index contributed by atoms with van der Waals surface area (Å²) in [5.41, 5.74) is 3.80. The summed E-state index contributed by atoms with van der Waals surface area (Å²) in [4.78, 5) is 15.3. The number of aromatic nitrogens is 1. The van der Waals surface area contributed by atoms with Crippen molar-refractivity contribution < 1.29 is 9.90 Å². The Morgan fingerprint density at radius 1 is 1.18 bits per heavy atom. The second kappa shape index (κ2) is 4.37. The van der Waals surface area contributed by atoms with E-state index in [1.165, 1.54) is 0 Å². The predicted octanol–water partition coefficient (Wildman–Crippen LogP) is 3.06. The van der Waals surface area contributed by atoms with Gasteiger partial charge in [0.15, 0.2) is 0 Å². The van der Waals surface area contributed by atoms with Crippen LogP contribution in [0.3, 0.4) is 0 Å². The molecule has 3 heteroatoms. The molecular weight excluding hydrogens is 214 g/mol. The molecule has 1 heterocycles. The number of carboxylic acids is 1. The van der Waals surface area contributed by atoms with E-state index in [0.717, 1.165) is 16.7 Å². The van der Waals surface area contributed by atoms with Crippen LogP contribution in [0.4, 0.5) is 0 Å². The van der Waals surface area contributed by atoms with Gasteiger partial charge in [0.2, 0.25) is 0 Å². The van der Waals surface area contributed by atoms with Crippen LogP contribution in [0.2, 0.25) is 0 Å². The molecule has 0 aliphatic rings. The van der Waals surface area contributed by atoms with E-state index >= 15 is 0 Å². The van der Waals surface area contributed by atoms with Crippen LogP contribution in [0.15, 0.2) is 36.5 Å². The van der Waals surface area contributed by atoms with Crippen LogP contribution < -0.4 is 0 Å². The fraction of sp³-hybridized carbons (Fsp3) is 0.143. The molecular formula is C14H13NO2. The zero-order valence-corrected chi connectivity index (χ0v) is 9.77. The zero-order valence-electron chi connectivity index (χ0n) is 9.77. The number of rotatable bonds is 2. The summed E-state index contributed by atoms with van der Waals surface area (Å²) in [5.74, 6) is -0.952. The van der Waals surface area contributed by atoms with Crippen LogP contribution >= 0.6 is 0 Å². The summed E-state index contributed by atoms with van der Waals surface area (Å²) in [6.07, 6.45) is 1.61. The molecule has 17 heavy (non-hydrogen) atoms. The highest BCUT2D eigenvalue weighted by molar-refractivity contribution is 5.94. The fourth-order valence-corrected chi connectivity index (χ4v) is 1.92. The van der Waals surface area contributed by atoms with Crippen LogP contribution in [-0.4, -0.2) is 16.1 Å². The molecule has 1 N–H and O–H groups in total. The smallest absolute Gasteiger partial charge is 0.337 e. The number of hydrogen-bond acceptors (Lipinski definition) is 2. The number of hydrogen-bond donors (Lipinski definition) is 1. The Hall–Kier alpha value is -2.16. The van der Waals surface area contributed by atoms with E-state index < -0.39 is 5.97 Å². The molecule has 1 aromatic heterocycles. The summed E-state index contributed by atoms with van der Waals surface area (Å²) in [6.45, 7) is 3.97. The van der Waals surface area contributed by atoms with Crippen LogP contribution in [0, 0.1) is 13.8 Å². The summed E-state index contributed by atoms with van der Waals surface area (Å²) in [5, 5.41) is 9.13. The largest absolute Gasteiger partial charge is 0.478 e. The molecule has 1 aromatic carbocycles. The van der Waals surface area contributed by atoms with E-state index in [2.05, 4.69) is 4.98 Å². The van der Waals surface area contributed by atoms with Gasteiger partial charge >= 0.3 is 5.97 Å². The second-order valence-corrected chi connectivity index (χ2v) is 4.08. The Bertz CT molecular complexity index is 556. The summed E-state index contributed by atoms with van der Waals surface area (Å²) < 4.78 is 0. The first-order valence-corrected chi connectivity index (χ1v) is 5.35. The molecule has 0 spiro atoms. The molecule has 0 unspecified atom stereocenters. The van der Waals surface area contributed by atoms with Gasteiger partial charge in [-0.2, -0.15) is 0 Å². The van der Waals surface area contributed by atoms with Crippen molar-refractivity contribution in [1.82, 2.24) is 4.98 Å². The Morgan fingerprint density at radius 3 is 2.41 bits per heavy atom. The minimum absolute atomic E-state index is 0.234. The molecule has 0 aliphatic heterocycles. The van der Waals surface area contributed by atoms with Crippen LogP contribution in [0.1, 0.15) is 21.5 Å². The van der Waals surface area contributed by atoms with Crippen molar-refractivity contribution in [3.8, 4) is 11.3 Å². The maximum atomic E-state index is 11.1. The van der Waals surface area contributed by atoms with E-state index in [0.29, 0.717) is 5.69 Å². The van der Waals surface area contributed by atoms with Gasteiger partial charge in [0.25, 0.3) is 0 Å². The van der Waals surface area contributed by atoms with E-state index in [-0.39, 0.29) is 5.56 Å². The van der Waals surface area contributed by atoms with Gasteiger partial charge in [-0.25, -0.2) is 4.79 Å². The van der Waals surface area contributed by atoms with Crippen molar-refractivity contribution in [1.29, 1.82) is 0 Å². The van der Waals surface area contributed by atoms with Crippen molar-refractivity contribution in [3.63, 3.8) is 0 Å². The van der Waals surface area contributed by atoms with Crippen LogP contribution in [0.25, 0.3) is 11.3 Å². The summed E-state index contributed by atoms with van der Waals surface area (Å²) in [6, 6.07) is 9.15. The number of nitrogens with zero attached hydrogens (tertiary/aromatic N) is 1. The lowest BCUT2D eigenvalue weighted by atomic mass is 10.0. The minimum Gasteiger partial charge on any atom is -0.478 e. The van der Waals surface area contributed by atoms with Crippen LogP contribution in [0.5, 0.6) is 0 Å².